The van der Waals surface area contributed by atoms with Crippen LogP contribution in [0.5, 0.6) is 11.5 Å². The van der Waals surface area contributed by atoms with E-state index in [1.54, 1.807) is 4.68 Å². The molecule has 2 N–H and O–H groups in total. The Morgan fingerprint density at radius 3 is 2.62 bits per heavy atom. The third-order valence-electron chi connectivity index (χ3n) is 3.70. The lowest BCUT2D eigenvalue weighted by molar-refractivity contribution is 0.464. The molecular formula is C16H22ClN3O. The normalized spacial score (nSPS) is 12.5. The summed E-state index contributed by atoms with van der Waals surface area (Å²) >= 11 is 6.32. The second-order valence-electron chi connectivity index (χ2n) is 5.33. The molecule has 2 aromatic rings. The number of benzene rings is 1. The monoisotopic (exact) mass is 307 g/mol. The highest BCUT2D eigenvalue weighted by Crippen LogP contribution is 2.36. The number of hydrogen-bond acceptors (Lipinski definition) is 3. The van der Waals surface area contributed by atoms with Crippen LogP contribution in [0, 0.1) is 13.8 Å². The van der Waals surface area contributed by atoms with Gasteiger partial charge in [-0.25, -0.2) is 0 Å². The van der Waals surface area contributed by atoms with Gasteiger partial charge >= 0.3 is 0 Å². The Bertz CT molecular complexity index is 637. The van der Waals surface area contributed by atoms with Gasteiger partial charge in [-0.1, -0.05) is 30.7 Å². The largest absolute Gasteiger partial charge is 0.452 e. The van der Waals surface area contributed by atoms with Crippen LogP contribution >= 0.6 is 11.6 Å². The maximum Gasteiger partial charge on any atom is 0.171 e. The molecule has 1 aromatic heterocycles. The zero-order valence-corrected chi connectivity index (χ0v) is 13.7. The first-order chi connectivity index (χ1) is 9.93. The maximum absolute atomic E-state index is 6.32. The number of nitrogens with zero attached hydrogens (tertiary/aromatic N) is 2. The van der Waals surface area contributed by atoms with Crippen molar-refractivity contribution in [1.29, 1.82) is 0 Å². The number of para-hydroxylation sites is 1. The van der Waals surface area contributed by atoms with Crippen LogP contribution in [-0.2, 0) is 13.5 Å². The van der Waals surface area contributed by atoms with Gasteiger partial charge in [0.05, 0.1) is 10.7 Å². The van der Waals surface area contributed by atoms with E-state index in [0.717, 1.165) is 35.5 Å². The summed E-state index contributed by atoms with van der Waals surface area (Å²) in [5.74, 6) is 1.44. The summed E-state index contributed by atoms with van der Waals surface area (Å²) in [6.45, 7) is 5.98. The van der Waals surface area contributed by atoms with E-state index in [-0.39, 0.29) is 6.04 Å². The molecule has 0 aliphatic heterocycles. The number of rotatable bonds is 5. The lowest BCUT2D eigenvalue weighted by atomic mass is 10.0. The smallest absolute Gasteiger partial charge is 0.171 e. The number of ether oxygens (including phenoxy) is 1. The lowest BCUT2D eigenvalue weighted by Gasteiger charge is -2.15. The predicted octanol–water partition coefficient (Wildman–Crippen LogP) is 3.76. The minimum atomic E-state index is 0.0990. The van der Waals surface area contributed by atoms with Crippen LogP contribution in [0.15, 0.2) is 18.2 Å². The first-order valence-electron chi connectivity index (χ1n) is 7.15. The molecule has 0 fully saturated rings. The average Bonchev–Trinajstić information content (AvgIpc) is 2.68. The average molecular weight is 308 g/mol. The third-order valence-corrected chi connectivity index (χ3v) is 4.00. The Morgan fingerprint density at radius 1 is 1.33 bits per heavy atom. The molecule has 2 rings (SSSR count). The summed E-state index contributed by atoms with van der Waals surface area (Å²) in [5.41, 5.74) is 8.91. The highest BCUT2D eigenvalue weighted by Gasteiger charge is 2.17. The zero-order valence-electron chi connectivity index (χ0n) is 13.0. The van der Waals surface area contributed by atoms with Crippen LogP contribution in [0.25, 0.3) is 0 Å². The van der Waals surface area contributed by atoms with Crippen molar-refractivity contribution < 1.29 is 4.74 Å². The number of hydrogen-bond donors (Lipinski definition) is 1. The van der Waals surface area contributed by atoms with Crippen molar-refractivity contribution in [2.45, 2.75) is 39.7 Å². The van der Waals surface area contributed by atoms with Crippen LogP contribution in [0.3, 0.4) is 0 Å². The summed E-state index contributed by atoms with van der Waals surface area (Å²) in [5, 5.41) is 4.96. The van der Waals surface area contributed by atoms with Crippen molar-refractivity contribution >= 4 is 11.6 Å². The Labute approximate surface area is 130 Å². The van der Waals surface area contributed by atoms with Gasteiger partial charge in [-0.15, -0.1) is 0 Å². The molecule has 1 atom stereocenters. The molecule has 0 amide bonds. The van der Waals surface area contributed by atoms with Crippen LogP contribution in [-0.4, -0.2) is 15.8 Å². The molecule has 4 nitrogen and oxygen atoms in total. The molecule has 114 valence electrons. The minimum Gasteiger partial charge on any atom is -0.452 e. The zero-order chi connectivity index (χ0) is 15.6. The molecule has 1 aromatic carbocycles. The van der Waals surface area contributed by atoms with E-state index < -0.39 is 0 Å². The van der Waals surface area contributed by atoms with E-state index >= 15 is 0 Å². The predicted molar refractivity (Wildman–Crippen MR) is 86.2 cm³/mol. The molecule has 0 spiro atoms. The Hall–Kier alpha value is -1.52. The van der Waals surface area contributed by atoms with E-state index in [2.05, 4.69) is 12.0 Å². The molecule has 0 saturated heterocycles. The van der Waals surface area contributed by atoms with Crippen molar-refractivity contribution in [3.8, 4) is 11.5 Å². The van der Waals surface area contributed by atoms with Gasteiger partial charge in [0.15, 0.2) is 5.75 Å². The van der Waals surface area contributed by atoms with E-state index in [1.165, 1.54) is 0 Å². The van der Waals surface area contributed by atoms with Crippen molar-refractivity contribution in [3.05, 3.63) is 40.2 Å². The fraction of sp³-hybridized carbons (Fsp3) is 0.438. The van der Waals surface area contributed by atoms with E-state index in [9.17, 15) is 0 Å². The summed E-state index contributed by atoms with van der Waals surface area (Å²) in [4.78, 5) is 0. The van der Waals surface area contributed by atoms with Gasteiger partial charge in [-0.05, 0) is 38.3 Å². The lowest BCUT2D eigenvalue weighted by Crippen LogP contribution is -2.21. The molecule has 0 aliphatic rings. The van der Waals surface area contributed by atoms with Gasteiger partial charge in [0.2, 0.25) is 0 Å². The summed E-state index contributed by atoms with van der Waals surface area (Å²) in [6.07, 6.45) is 1.65. The summed E-state index contributed by atoms with van der Waals surface area (Å²) < 4.78 is 7.90. The number of halogens is 1. The van der Waals surface area contributed by atoms with Crippen LogP contribution in [0.2, 0.25) is 5.02 Å². The quantitative estimate of drug-likeness (QED) is 0.915. The topological polar surface area (TPSA) is 53.1 Å². The Kier molecular flexibility index (Phi) is 4.91. The molecule has 0 radical (unpaired) electrons. The van der Waals surface area contributed by atoms with Gasteiger partial charge < -0.3 is 10.5 Å². The highest BCUT2D eigenvalue weighted by molar-refractivity contribution is 6.32. The molecule has 0 bridgehead atoms. The van der Waals surface area contributed by atoms with E-state index in [4.69, 9.17) is 22.1 Å². The van der Waals surface area contributed by atoms with E-state index in [1.807, 2.05) is 39.1 Å². The SMILES string of the molecule is CCC(N)Cc1cccc(Cl)c1Oc1c(C)nn(C)c1C. The third kappa shape index (κ3) is 3.39. The second kappa shape index (κ2) is 6.50. The van der Waals surface area contributed by atoms with Gasteiger partial charge in [0.1, 0.15) is 11.4 Å². The van der Waals surface area contributed by atoms with Crippen molar-refractivity contribution in [2.24, 2.45) is 12.8 Å². The summed E-state index contributed by atoms with van der Waals surface area (Å²) in [7, 11) is 1.90. The molecule has 1 heterocycles. The Balaban J connectivity index is 2.39. The number of nitrogens with two attached hydrogens (primary N) is 1. The highest BCUT2D eigenvalue weighted by atomic mass is 35.5. The fourth-order valence-corrected chi connectivity index (χ4v) is 2.49. The molecule has 0 saturated carbocycles. The second-order valence-corrected chi connectivity index (χ2v) is 5.73. The van der Waals surface area contributed by atoms with Crippen molar-refractivity contribution in [2.75, 3.05) is 0 Å². The van der Waals surface area contributed by atoms with Gasteiger partial charge in [-0.3, -0.25) is 4.68 Å². The van der Waals surface area contributed by atoms with E-state index in [0.29, 0.717) is 10.8 Å². The standard InChI is InChI=1S/C16H22ClN3O/c1-5-13(18)9-12-7-6-8-14(17)16(12)21-15-10(2)19-20(4)11(15)3/h6-8,13H,5,9,18H2,1-4H3. The summed E-state index contributed by atoms with van der Waals surface area (Å²) in [6, 6.07) is 5.87. The maximum atomic E-state index is 6.32. The first-order valence-corrected chi connectivity index (χ1v) is 7.52. The minimum absolute atomic E-state index is 0.0990. The molecule has 5 heteroatoms. The van der Waals surface area contributed by atoms with Crippen molar-refractivity contribution in [1.82, 2.24) is 9.78 Å². The number of aryl methyl sites for hydroxylation is 2. The molecule has 0 aliphatic carbocycles. The van der Waals surface area contributed by atoms with Gasteiger partial charge in [0, 0.05) is 13.1 Å². The fourth-order valence-electron chi connectivity index (χ4n) is 2.26. The molecule has 21 heavy (non-hydrogen) atoms. The van der Waals surface area contributed by atoms with Gasteiger partial charge in [0.25, 0.3) is 0 Å². The van der Waals surface area contributed by atoms with Gasteiger partial charge in [-0.2, -0.15) is 5.10 Å². The Morgan fingerprint density at radius 2 is 2.05 bits per heavy atom. The molecule has 1 unspecified atom stereocenters. The first kappa shape index (κ1) is 15.9. The molecular weight excluding hydrogens is 286 g/mol. The van der Waals surface area contributed by atoms with Crippen LogP contribution in [0.1, 0.15) is 30.3 Å². The number of aromatic nitrogens is 2. The van der Waals surface area contributed by atoms with Crippen molar-refractivity contribution in [3.63, 3.8) is 0 Å². The van der Waals surface area contributed by atoms with Crippen LogP contribution in [0.4, 0.5) is 0 Å². The van der Waals surface area contributed by atoms with Crippen LogP contribution < -0.4 is 10.5 Å².